The van der Waals surface area contributed by atoms with E-state index in [-0.39, 0.29) is 0 Å². The number of rotatable bonds is 7. The van der Waals surface area contributed by atoms with Crippen LogP contribution in [0.15, 0.2) is 47.1 Å². The van der Waals surface area contributed by atoms with Crippen LogP contribution in [0.3, 0.4) is 0 Å². The second kappa shape index (κ2) is 8.30. The average molecular weight is 347 g/mol. The molecule has 1 N–H and O–H groups in total. The van der Waals surface area contributed by atoms with Crippen LogP contribution >= 0.6 is 15.9 Å². The minimum Gasteiger partial charge on any atom is -0.314 e. The van der Waals surface area contributed by atoms with Crippen molar-refractivity contribution in [3.8, 4) is 0 Å². The largest absolute Gasteiger partial charge is 0.314 e. The number of hydrogen-bond acceptors (Lipinski definition) is 2. The summed E-state index contributed by atoms with van der Waals surface area (Å²) >= 11 is 3.48. The molecule has 0 aliphatic heterocycles. The van der Waals surface area contributed by atoms with E-state index < -0.39 is 0 Å². The van der Waals surface area contributed by atoms with Gasteiger partial charge in [0, 0.05) is 28.8 Å². The zero-order chi connectivity index (χ0) is 15.1. The van der Waals surface area contributed by atoms with E-state index >= 15 is 0 Å². The molecule has 0 aliphatic carbocycles. The van der Waals surface area contributed by atoms with Crippen LogP contribution in [-0.4, -0.2) is 17.6 Å². The lowest BCUT2D eigenvalue weighted by molar-refractivity contribution is 0.516. The molecule has 0 spiro atoms. The van der Waals surface area contributed by atoms with Crippen LogP contribution in [0.5, 0.6) is 0 Å². The SMILES string of the molecule is CCNC(Cc1ccc(Br)cc1)Cc1ccc(CC)cn1. The highest BCUT2D eigenvalue weighted by Gasteiger charge is 2.10. The van der Waals surface area contributed by atoms with Crippen molar-refractivity contribution in [1.82, 2.24) is 10.3 Å². The van der Waals surface area contributed by atoms with E-state index in [1.165, 1.54) is 11.1 Å². The topological polar surface area (TPSA) is 24.9 Å². The van der Waals surface area contributed by atoms with E-state index in [1.807, 2.05) is 6.20 Å². The number of nitrogens with zero attached hydrogens (tertiary/aromatic N) is 1. The minimum atomic E-state index is 0.427. The summed E-state index contributed by atoms with van der Waals surface area (Å²) in [5, 5.41) is 3.57. The molecule has 0 amide bonds. The van der Waals surface area contributed by atoms with Crippen LogP contribution in [-0.2, 0) is 19.3 Å². The third kappa shape index (κ3) is 5.25. The molecule has 0 saturated carbocycles. The molecule has 112 valence electrons. The Morgan fingerprint density at radius 1 is 1.00 bits per heavy atom. The van der Waals surface area contributed by atoms with Crippen LogP contribution in [0.1, 0.15) is 30.7 Å². The second-order valence-electron chi connectivity index (χ2n) is 5.30. The normalized spacial score (nSPS) is 12.3. The molecule has 0 radical (unpaired) electrons. The molecule has 1 unspecified atom stereocenters. The number of likely N-dealkylation sites (N-methyl/N-ethyl adjacent to an activating group) is 1. The lowest BCUT2D eigenvalue weighted by Crippen LogP contribution is -2.33. The summed E-state index contributed by atoms with van der Waals surface area (Å²) in [6, 6.07) is 13.3. The molecule has 3 heteroatoms. The third-order valence-corrected chi connectivity index (χ3v) is 4.17. The molecular weight excluding hydrogens is 324 g/mol. The standard InChI is InChI=1S/C18H23BrN2/c1-3-14-7-10-17(21-13-14)12-18(20-4-2)11-15-5-8-16(19)9-6-15/h5-10,13,18,20H,3-4,11-12H2,1-2H3. The number of aromatic nitrogens is 1. The summed E-state index contributed by atoms with van der Waals surface area (Å²) in [5.41, 5.74) is 3.82. The summed E-state index contributed by atoms with van der Waals surface area (Å²) in [7, 11) is 0. The molecule has 0 bridgehead atoms. The fraction of sp³-hybridized carbons (Fsp3) is 0.389. The van der Waals surface area contributed by atoms with Gasteiger partial charge in [-0.3, -0.25) is 4.98 Å². The second-order valence-corrected chi connectivity index (χ2v) is 6.22. The van der Waals surface area contributed by atoms with Gasteiger partial charge in [-0.2, -0.15) is 0 Å². The number of nitrogens with one attached hydrogen (secondary N) is 1. The molecule has 1 aromatic heterocycles. The van der Waals surface area contributed by atoms with Crippen LogP contribution in [0.2, 0.25) is 0 Å². The average Bonchev–Trinajstić information content (AvgIpc) is 2.50. The highest BCUT2D eigenvalue weighted by molar-refractivity contribution is 9.10. The van der Waals surface area contributed by atoms with Crippen molar-refractivity contribution in [2.75, 3.05) is 6.54 Å². The molecule has 1 heterocycles. The quantitative estimate of drug-likeness (QED) is 0.813. The Morgan fingerprint density at radius 3 is 2.29 bits per heavy atom. The monoisotopic (exact) mass is 346 g/mol. The highest BCUT2D eigenvalue weighted by Crippen LogP contribution is 2.13. The van der Waals surface area contributed by atoms with Crippen molar-refractivity contribution in [3.63, 3.8) is 0 Å². The maximum atomic E-state index is 4.58. The number of hydrogen-bond donors (Lipinski definition) is 1. The zero-order valence-corrected chi connectivity index (χ0v) is 14.4. The molecular formula is C18H23BrN2. The molecule has 0 fully saturated rings. The lowest BCUT2D eigenvalue weighted by atomic mass is 10.0. The first-order valence-corrected chi connectivity index (χ1v) is 8.42. The molecule has 2 rings (SSSR count). The van der Waals surface area contributed by atoms with E-state index in [1.54, 1.807) is 0 Å². The van der Waals surface area contributed by atoms with Gasteiger partial charge in [-0.15, -0.1) is 0 Å². The van der Waals surface area contributed by atoms with Gasteiger partial charge in [-0.1, -0.05) is 48.0 Å². The van der Waals surface area contributed by atoms with Crippen LogP contribution in [0.25, 0.3) is 0 Å². The lowest BCUT2D eigenvalue weighted by Gasteiger charge is -2.18. The highest BCUT2D eigenvalue weighted by atomic mass is 79.9. The Balaban J connectivity index is 2.02. The predicted molar refractivity (Wildman–Crippen MR) is 92.6 cm³/mol. The van der Waals surface area contributed by atoms with E-state index in [2.05, 4.69) is 76.5 Å². The van der Waals surface area contributed by atoms with E-state index in [0.717, 1.165) is 36.0 Å². The zero-order valence-electron chi connectivity index (χ0n) is 12.8. The van der Waals surface area contributed by atoms with Gasteiger partial charge in [-0.25, -0.2) is 0 Å². The fourth-order valence-electron chi connectivity index (χ4n) is 2.45. The smallest absolute Gasteiger partial charge is 0.0419 e. The van der Waals surface area contributed by atoms with Crippen molar-refractivity contribution in [1.29, 1.82) is 0 Å². The molecule has 2 nitrogen and oxygen atoms in total. The predicted octanol–water partition coefficient (Wildman–Crippen LogP) is 4.17. The fourth-order valence-corrected chi connectivity index (χ4v) is 2.71. The summed E-state index contributed by atoms with van der Waals surface area (Å²) in [4.78, 5) is 4.58. The molecule has 0 saturated heterocycles. The first kappa shape index (κ1) is 16.2. The van der Waals surface area contributed by atoms with Gasteiger partial charge in [0.2, 0.25) is 0 Å². The van der Waals surface area contributed by atoms with Gasteiger partial charge in [0.15, 0.2) is 0 Å². The van der Waals surface area contributed by atoms with Gasteiger partial charge in [0.05, 0.1) is 0 Å². The van der Waals surface area contributed by atoms with E-state index in [9.17, 15) is 0 Å². The van der Waals surface area contributed by atoms with Gasteiger partial charge in [0.1, 0.15) is 0 Å². The van der Waals surface area contributed by atoms with E-state index in [0.29, 0.717) is 6.04 Å². The number of pyridine rings is 1. The van der Waals surface area contributed by atoms with Crippen molar-refractivity contribution in [2.24, 2.45) is 0 Å². The Labute approximate surface area is 136 Å². The molecule has 21 heavy (non-hydrogen) atoms. The first-order chi connectivity index (χ1) is 10.2. The van der Waals surface area contributed by atoms with Crippen molar-refractivity contribution in [3.05, 3.63) is 63.9 Å². The minimum absolute atomic E-state index is 0.427. The Hall–Kier alpha value is -1.19. The molecule has 0 aliphatic rings. The number of benzene rings is 1. The summed E-state index contributed by atoms with van der Waals surface area (Å²) in [6.45, 7) is 5.29. The van der Waals surface area contributed by atoms with Crippen molar-refractivity contribution >= 4 is 15.9 Å². The van der Waals surface area contributed by atoms with Crippen molar-refractivity contribution in [2.45, 2.75) is 39.2 Å². The molecule has 1 aromatic carbocycles. The first-order valence-electron chi connectivity index (χ1n) is 7.63. The van der Waals surface area contributed by atoms with Crippen LogP contribution < -0.4 is 5.32 Å². The number of aryl methyl sites for hydroxylation is 1. The summed E-state index contributed by atoms with van der Waals surface area (Å²) in [5.74, 6) is 0. The van der Waals surface area contributed by atoms with Crippen LogP contribution in [0.4, 0.5) is 0 Å². The van der Waals surface area contributed by atoms with Crippen LogP contribution in [0, 0.1) is 0 Å². The van der Waals surface area contributed by atoms with E-state index in [4.69, 9.17) is 0 Å². The summed E-state index contributed by atoms with van der Waals surface area (Å²) in [6.07, 6.45) is 5.03. The van der Waals surface area contributed by atoms with Gasteiger partial charge < -0.3 is 5.32 Å². The molecule has 1 atom stereocenters. The Morgan fingerprint density at radius 2 is 1.71 bits per heavy atom. The Bertz CT molecular complexity index is 534. The van der Waals surface area contributed by atoms with Gasteiger partial charge >= 0.3 is 0 Å². The summed E-state index contributed by atoms with van der Waals surface area (Å²) < 4.78 is 1.13. The van der Waals surface area contributed by atoms with Gasteiger partial charge in [-0.05, 0) is 48.7 Å². The maximum absolute atomic E-state index is 4.58. The maximum Gasteiger partial charge on any atom is 0.0419 e. The van der Waals surface area contributed by atoms with Crippen molar-refractivity contribution < 1.29 is 0 Å². The Kier molecular flexibility index (Phi) is 6.40. The number of halogens is 1. The third-order valence-electron chi connectivity index (χ3n) is 3.64. The molecule has 2 aromatic rings. The van der Waals surface area contributed by atoms with Gasteiger partial charge in [0.25, 0.3) is 0 Å².